The summed E-state index contributed by atoms with van der Waals surface area (Å²) < 4.78 is 0. The molecule has 0 N–H and O–H groups in total. The van der Waals surface area contributed by atoms with Crippen molar-refractivity contribution < 1.29 is 51.4 Å². The average molecular weight is 86.2 g/mol. The number of hydrogen-bond acceptors (Lipinski definition) is 0. The zero-order chi connectivity index (χ0) is 0. The maximum absolute atomic E-state index is 0. The van der Waals surface area contributed by atoms with Gasteiger partial charge in [0.2, 0.25) is 0 Å². The van der Waals surface area contributed by atoms with Crippen LogP contribution in [0.5, 0.6) is 0 Å². The molecular weight excluding hydrogens is 75.1 g/mol. The molecule has 4 heavy (non-hydrogen) atoms. The standard InChI is InChI=1S/2CH4.CH3.K/h2*1H4;1H3;/q;;-1;+1. The molecule has 0 aromatic rings. The van der Waals surface area contributed by atoms with Crippen molar-refractivity contribution in [2.24, 2.45) is 0 Å². The van der Waals surface area contributed by atoms with E-state index >= 15 is 0 Å². The molecule has 0 saturated carbocycles. The molecule has 0 unspecified atom stereocenters. The first kappa shape index (κ1) is 45.2. The Morgan fingerprint density at radius 1 is 0.750 bits per heavy atom. The SMILES string of the molecule is C.C.[CH3-].[K+]. The molecule has 0 heterocycles. The number of rotatable bonds is 0. The maximum atomic E-state index is 0. The minimum absolute atomic E-state index is 0. The van der Waals surface area contributed by atoms with Crippen molar-refractivity contribution in [3.05, 3.63) is 7.43 Å². The van der Waals surface area contributed by atoms with Crippen LogP contribution in [-0.4, -0.2) is 0 Å². The van der Waals surface area contributed by atoms with Gasteiger partial charge >= 0.3 is 51.4 Å². The molecule has 0 bridgehead atoms. The van der Waals surface area contributed by atoms with E-state index in [1.54, 1.807) is 0 Å². The molecule has 0 spiro atoms. The summed E-state index contributed by atoms with van der Waals surface area (Å²) in [6.45, 7) is 0. The topological polar surface area (TPSA) is 0 Å². The van der Waals surface area contributed by atoms with E-state index in [1.807, 2.05) is 0 Å². The van der Waals surface area contributed by atoms with Crippen LogP contribution >= 0.6 is 0 Å². The molecule has 1 heteroatoms. The van der Waals surface area contributed by atoms with Gasteiger partial charge in [0.15, 0.2) is 0 Å². The summed E-state index contributed by atoms with van der Waals surface area (Å²) in [5, 5.41) is 0. The summed E-state index contributed by atoms with van der Waals surface area (Å²) in [4.78, 5) is 0. The van der Waals surface area contributed by atoms with Crippen LogP contribution in [0.25, 0.3) is 0 Å². The Morgan fingerprint density at radius 2 is 0.750 bits per heavy atom. The molecule has 0 saturated heterocycles. The van der Waals surface area contributed by atoms with Crippen LogP contribution < -0.4 is 51.4 Å². The molecule has 0 radical (unpaired) electrons. The monoisotopic (exact) mass is 86.0 g/mol. The third-order valence-corrected chi connectivity index (χ3v) is 0. The smallest absolute Gasteiger partial charge is 0.358 e. The Balaban J connectivity index is 0. The van der Waals surface area contributed by atoms with Crippen molar-refractivity contribution in [3.63, 3.8) is 0 Å². The Hall–Kier alpha value is 1.64. The minimum Gasteiger partial charge on any atom is -0.358 e. The largest absolute Gasteiger partial charge is 1.00 e. The summed E-state index contributed by atoms with van der Waals surface area (Å²) in [7, 11) is 0. The van der Waals surface area contributed by atoms with Crippen LogP contribution in [0.2, 0.25) is 0 Å². The van der Waals surface area contributed by atoms with Crippen molar-refractivity contribution in [2.75, 3.05) is 0 Å². The molecular formula is C3H11K. The van der Waals surface area contributed by atoms with Gasteiger partial charge in [0.05, 0.1) is 0 Å². The Bertz CT molecular complexity index is 3.25. The third-order valence-electron chi connectivity index (χ3n) is 0. The fraction of sp³-hybridized carbons (Fsp3) is 0.667. The summed E-state index contributed by atoms with van der Waals surface area (Å²) in [5.74, 6) is 0. The van der Waals surface area contributed by atoms with E-state index in [2.05, 4.69) is 0 Å². The Labute approximate surface area is 72.4 Å². The van der Waals surface area contributed by atoms with E-state index in [0.717, 1.165) is 0 Å². The van der Waals surface area contributed by atoms with E-state index in [-0.39, 0.29) is 73.7 Å². The van der Waals surface area contributed by atoms with Crippen molar-refractivity contribution >= 4 is 0 Å². The van der Waals surface area contributed by atoms with Gasteiger partial charge < -0.3 is 7.43 Å². The van der Waals surface area contributed by atoms with E-state index in [1.165, 1.54) is 0 Å². The van der Waals surface area contributed by atoms with E-state index < -0.39 is 0 Å². The molecule has 0 rings (SSSR count). The van der Waals surface area contributed by atoms with Gasteiger partial charge in [0.25, 0.3) is 0 Å². The summed E-state index contributed by atoms with van der Waals surface area (Å²) >= 11 is 0. The van der Waals surface area contributed by atoms with E-state index in [0.29, 0.717) is 0 Å². The molecule has 0 aromatic heterocycles. The summed E-state index contributed by atoms with van der Waals surface area (Å²) in [6, 6.07) is 0. The van der Waals surface area contributed by atoms with Gasteiger partial charge in [-0.25, -0.2) is 0 Å². The third kappa shape index (κ3) is 9.44. The molecule has 24 valence electrons. The Kier molecular flexibility index (Phi) is 259. The normalized spacial score (nSPS) is 0. The van der Waals surface area contributed by atoms with Gasteiger partial charge in [-0.2, -0.15) is 0 Å². The predicted molar refractivity (Wildman–Crippen MR) is 19.9 cm³/mol. The first-order chi connectivity index (χ1) is 0. The second-order valence-electron chi connectivity index (χ2n) is 0. The van der Waals surface area contributed by atoms with Gasteiger partial charge in [-0.15, -0.1) is 0 Å². The summed E-state index contributed by atoms with van der Waals surface area (Å²) in [5.41, 5.74) is 0. The van der Waals surface area contributed by atoms with Crippen molar-refractivity contribution in [1.82, 2.24) is 0 Å². The van der Waals surface area contributed by atoms with Gasteiger partial charge in [-0.3, -0.25) is 0 Å². The fourth-order valence-electron chi connectivity index (χ4n) is 0. The van der Waals surface area contributed by atoms with Crippen molar-refractivity contribution in [2.45, 2.75) is 14.9 Å². The maximum Gasteiger partial charge on any atom is 1.00 e. The van der Waals surface area contributed by atoms with Gasteiger partial charge in [-0.1, -0.05) is 14.9 Å². The number of hydrogen-bond donors (Lipinski definition) is 0. The zero-order valence-electron chi connectivity index (χ0n) is 2.00. The molecule has 0 amide bonds. The molecule has 0 aromatic carbocycles. The molecule has 0 aliphatic rings. The van der Waals surface area contributed by atoms with E-state index in [9.17, 15) is 0 Å². The second-order valence-corrected chi connectivity index (χ2v) is 0. The first-order valence-electron chi connectivity index (χ1n) is 0. The molecule has 0 fully saturated rings. The van der Waals surface area contributed by atoms with Crippen molar-refractivity contribution in [1.29, 1.82) is 0 Å². The van der Waals surface area contributed by atoms with Gasteiger partial charge in [0.1, 0.15) is 0 Å². The van der Waals surface area contributed by atoms with Crippen LogP contribution in [0.15, 0.2) is 0 Å². The van der Waals surface area contributed by atoms with Crippen LogP contribution in [0, 0.1) is 7.43 Å². The molecule has 0 aliphatic heterocycles. The van der Waals surface area contributed by atoms with Crippen LogP contribution in [0.4, 0.5) is 0 Å². The molecule has 0 aliphatic carbocycles. The second kappa shape index (κ2) is 22.9. The van der Waals surface area contributed by atoms with Crippen LogP contribution in [0.3, 0.4) is 0 Å². The fourth-order valence-corrected chi connectivity index (χ4v) is 0. The molecule has 0 nitrogen and oxygen atoms in total. The molecule has 0 atom stereocenters. The van der Waals surface area contributed by atoms with Crippen LogP contribution in [0.1, 0.15) is 14.9 Å². The average Bonchev–Trinajstić information content (AvgIpc) is 0. The summed E-state index contributed by atoms with van der Waals surface area (Å²) in [6.07, 6.45) is 0. The minimum atomic E-state index is 0. The quantitative estimate of drug-likeness (QED) is 0.255. The first-order valence-corrected chi connectivity index (χ1v) is 0. The predicted octanol–water partition coefficient (Wildman–Crippen LogP) is -1.27. The zero-order valence-corrected chi connectivity index (χ0v) is 5.12. The van der Waals surface area contributed by atoms with Gasteiger partial charge in [0, 0.05) is 0 Å². The van der Waals surface area contributed by atoms with Gasteiger partial charge in [-0.05, 0) is 0 Å². The van der Waals surface area contributed by atoms with Crippen LogP contribution in [-0.2, 0) is 0 Å². The van der Waals surface area contributed by atoms with Crippen molar-refractivity contribution in [3.8, 4) is 0 Å². The Morgan fingerprint density at radius 3 is 0.750 bits per heavy atom. The van der Waals surface area contributed by atoms with E-state index in [4.69, 9.17) is 0 Å².